The molecule has 0 spiro atoms. The molecular formula is C13H14Cl2N2S2. The first-order chi connectivity index (χ1) is 9.19. The van der Waals surface area contributed by atoms with Gasteiger partial charge in [0, 0.05) is 28.3 Å². The highest BCUT2D eigenvalue weighted by Gasteiger charge is 2.04. The quantitative estimate of drug-likeness (QED) is 0.700. The Hall–Kier alpha value is -0.420. The summed E-state index contributed by atoms with van der Waals surface area (Å²) in [6, 6.07) is 5.70. The molecule has 0 saturated carbocycles. The minimum Gasteiger partial charge on any atom is -0.362 e. The van der Waals surface area contributed by atoms with Gasteiger partial charge >= 0.3 is 0 Å². The van der Waals surface area contributed by atoms with E-state index < -0.39 is 0 Å². The van der Waals surface area contributed by atoms with Crippen molar-refractivity contribution in [3.8, 4) is 0 Å². The number of nitrogens with one attached hydrogen (secondary N) is 1. The van der Waals surface area contributed by atoms with E-state index in [0.29, 0.717) is 10.0 Å². The highest BCUT2D eigenvalue weighted by atomic mass is 35.5. The first kappa shape index (κ1) is 15.0. The van der Waals surface area contributed by atoms with Crippen LogP contribution in [0.3, 0.4) is 0 Å². The molecule has 0 radical (unpaired) electrons. The first-order valence-corrected chi connectivity index (χ1v) is 8.51. The predicted octanol–water partition coefficient (Wildman–Crippen LogP) is 5.56. The fourth-order valence-electron chi connectivity index (χ4n) is 1.41. The molecule has 0 aliphatic carbocycles. The zero-order valence-electron chi connectivity index (χ0n) is 10.5. The van der Waals surface area contributed by atoms with Crippen molar-refractivity contribution in [2.24, 2.45) is 0 Å². The summed E-state index contributed by atoms with van der Waals surface area (Å²) in [6.07, 6.45) is 3.03. The second-order valence-corrected chi connectivity index (χ2v) is 6.90. The highest BCUT2D eigenvalue weighted by molar-refractivity contribution is 7.98. The zero-order valence-corrected chi connectivity index (χ0v) is 13.6. The molecule has 102 valence electrons. The van der Waals surface area contributed by atoms with Crippen LogP contribution in [0.4, 0.5) is 5.13 Å². The topological polar surface area (TPSA) is 24.9 Å². The Balaban J connectivity index is 1.91. The van der Waals surface area contributed by atoms with Crippen LogP contribution >= 0.6 is 46.3 Å². The van der Waals surface area contributed by atoms with Gasteiger partial charge in [-0.15, -0.1) is 23.1 Å². The number of hydrogen-bond donors (Lipinski definition) is 1. The average molecular weight is 333 g/mol. The van der Waals surface area contributed by atoms with E-state index >= 15 is 0 Å². The molecule has 1 heterocycles. The Morgan fingerprint density at radius 2 is 2.16 bits per heavy atom. The van der Waals surface area contributed by atoms with Crippen LogP contribution < -0.4 is 5.32 Å². The Bertz CT molecular complexity index is 543. The molecule has 0 unspecified atom stereocenters. The molecule has 0 fully saturated rings. The van der Waals surface area contributed by atoms with Gasteiger partial charge in [0.05, 0.1) is 10.0 Å². The summed E-state index contributed by atoms with van der Waals surface area (Å²) >= 11 is 15.3. The van der Waals surface area contributed by atoms with E-state index in [-0.39, 0.29) is 0 Å². The second-order valence-electron chi connectivity index (χ2n) is 3.92. The largest absolute Gasteiger partial charge is 0.362 e. The fourth-order valence-corrected chi connectivity index (χ4v) is 3.57. The maximum atomic E-state index is 5.99. The normalized spacial score (nSPS) is 10.7. The Morgan fingerprint density at radius 3 is 2.89 bits per heavy atom. The van der Waals surface area contributed by atoms with Crippen molar-refractivity contribution >= 4 is 51.4 Å². The molecule has 0 amide bonds. The van der Waals surface area contributed by atoms with E-state index in [1.165, 1.54) is 4.88 Å². The molecule has 2 rings (SSSR count). The van der Waals surface area contributed by atoms with Gasteiger partial charge in [-0.2, -0.15) is 0 Å². The maximum absolute atomic E-state index is 5.99. The lowest BCUT2D eigenvalue weighted by Crippen LogP contribution is -1.97. The molecule has 2 nitrogen and oxygen atoms in total. The van der Waals surface area contributed by atoms with Crippen molar-refractivity contribution in [2.45, 2.75) is 24.0 Å². The Kier molecular flexibility index (Phi) is 5.82. The van der Waals surface area contributed by atoms with Gasteiger partial charge in [0.2, 0.25) is 0 Å². The summed E-state index contributed by atoms with van der Waals surface area (Å²) in [4.78, 5) is 6.71. The SMILES string of the molecule is CCCNc1ncc(CSc2ccc(Cl)c(Cl)c2)s1. The molecule has 2 aromatic rings. The van der Waals surface area contributed by atoms with Crippen LogP contribution in [0.2, 0.25) is 10.0 Å². The summed E-state index contributed by atoms with van der Waals surface area (Å²) in [6.45, 7) is 3.11. The monoisotopic (exact) mass is 332 g/mol. The molecule has 19 heavy (non-hydrogen) atoms. The number of halogens is 2. The maximum Gasteiger partial charge on any atom is 0.182 e. The molecule has 0 aliphatic rings. The van der Waals surface area contributed by atoms with Crippen molar-refractivity contribution in [1.82, 2.24) is 4.98 Å². The molecule has 0 aliphatic heterocycles. The Morgan fingerprint density at radius 1 is 1.32 bits per heavy atom. The van der Waals surface area contributed by atoms with Gasteiger partial charge in [0.1, 0.15) is 0 Å². The van der Waals surface area contributed by atoms with Crippen LogP contribution in [0.15, 0.2) is 29.3 Å². The van der Waals surface area contributed by atoms with Crippen molar-refractivity contribution in [3.63, 3.8) is 0 Å². The molecule has 1 aromatic carbocycles. The number of anilines is 1. The van der Waals surface area contributed by atoms with Gasteiger partial charge in [-0.05, 0) is 24.6 Å². The highest BCUT2D eigenvalue weighted by Crippen LogP contribution is 2.31. The second kappa shape index (κ2) is 7.39. The number of benzene rings is 1. The average Bonchev–Trinajstić information content (AvgIpc) is 2.86. The number of aromatic nitrogens is 1. The van der Waals surface area contributed by atoms with Crippen molar-refractivity contribution in [1.29, 1.82) is 0 Å². The Labute approximate surface area is 131 Å². The van der Waals surface area contributed by atoms with Gasteiger partial charge in [-0.3, -0.25) is 0 Å². The summed E-state index contributed by atoms with van der Waals surface area (Å²) in [5, 5.41) is 5.47. The number of thiazole rings is 1. The molecule has 0 bridgehead atoms. The van der Waals surface area contributed by atoms with Gasteiger partial charge in [-0.1, -0.05) is 30.1 Å². The summed E-state index contributed by atoms with van der Waals surface area (Å²) < 4.78 is 0. The molecular weight excluding hydrogens is 319 g/mol. The van der Waals surface area contributed by atoms with E-state index in [9.17, 15) is 0 Å². The van der Waals surface area contributed by atoms with Gasteiger partial charge in [-0.25, -0.2) is 4.98 Å². The lowest BCUT2D eigenvalue weighted by molar-refractivity contribution is 0.976. The minimum atomic E-state index is 0.592. The van der Waals surface area contributed by atoms with Crippen molar-refractivity contribution < 1.29 is 0 Å². The van der Waals surface area contributed by atoms with Gasteiger partial charge < -0.3 is 5.32 Å². The van der Waals surface area contributed by atoms with Crippen LogP contribution in [-0.4, -0.2) is 11.5 Å². The van der Waals surface area contributed by atoms with Gasteiger partial charge in [0.25, 0.3) is 0 Å². The lowest BCUT2D eigenvalue weighted by atomic mass is 10.4. The van der Waals surface area contributed by atoms with Crippen molar-refractivity contribution in [2.75, 3.05) is 11.9 Å². The van der Waals surface area contributed by atoms with E-state index in [4.69, 9.17) is 23.2 Å². The number of rotatable bonds is 6. The fraction of sp³-hybridized carbons (Fsp3) is 0.308. The van der Waals surface area contributed by atoms with Crippen LogP contribution in [0.1, 0.15) is 18.2 Å². The summed E-state index contributed by atoms with van der Waals surface area (Å²) in [5.41, 5.74) is 0. The third-order valence-corrected chi connectivity index (χ3v) is 5.27. The van der Waals surface area contributed by atoms with Crippen LogP contribution in [-0.2, 0) is 5.75 Å². The number of thioether (sulfide) groups is 1. The zero-order chi connectivity index (χ0) is 13.7. The molecule has 0 atom stereocenters. The number of nitrogens with zero attached hydrogens (tertiary/aromatic N) is 1. The van der Waals surface area contributed by atoms with Crippen molar-refractivity contribution in [3.05, 3.63) is 39.3 Å². The third-order valence-electron chi connectivity index (χ3n) is 2.35. The van der Waals surface area contributed by atoms with E-state index in [1.54, 1.807) is 23.1 Å². The van der Waals surface area contributed by atoms with Gasteiger partial charge in [0.15, 0.2) is 5.13 Å². The summed E-state index contributed by atoms with van der Waals surface area (Å²) in [7, 11) is 0. The molecule has 1 N–H and O–H groups in total. The van der Waals surface area contributed by atoms with E-state index in [0.717, 1.165) is 28.7 Å². The molecule has 0 saturated heterocycles. The molecule has 6 heteroatoms. The standard InChI is InChI=1S/C13H14Cl2N2S2/c1-2-5-16-13-17-7-10(19-13)8-18-9-3-4-11(14)12(15)6-9/h3-4,6-7H,2,5,8H2,1H3,(H,16,17). The predicted molar refractivity (Wildman–Crippen MR) is 86.9 cm³/mol. The summed E-state index contributed by atoms with van der Waals surface area (Å²) in [5.74, 6) is 0.892. The first-order valence-electron chi connectivity index (χ1n) is 5.95. The van der Waals surface area contributed by atoms with Crippen LogP contribution in [0, 0.1) is 0 Å². The third kappa shape index (κ3) is 4.56. The smallest absolute Gasteiger partial charge is 0.182 e. The number of hydrogen-bond acceptors (Lipinski definition) is 4. The van der Waals surface area contributed by atoms with Crippen LogP contribution in [0.5, 0.6) is 0 Å². The van der Waals surface area contributed by atoms with E-state index in [2.05, 4.69) is 17.2 Å². The molecule has 1 aromatic heterocycles. The van der Waals surface area contributed by atoms with E-state index in [1.807, 2.05) is 24.4 Å². The van der Waals surface area contributed by atoms with Crippen LogP contribution in [0.25, 0.3) is 0 Å². The lowest BCUT2D eigenvalue weighted by Gasteiger charge is -2.01. The minimum absolute atomic E-state index is 0.592.